The zero-order valence-electron chi connectivity index (χ0n) is 11.2. The average Bonchev–Trinajstić information content (AvgIpc) is 2.23. The van der Waals surface area contributed by atoms with Gasteiger partial charge in [0.15, 0.2) is 6.10 Å². The summed E-state index contributed by atoms with van der Waals surface area (Å²) in [6.45, 7) is 6.26. The summed E-state index contributed by atoms with van der Waals surface area (Å²) in [5.41, 5.74) is 1.45. The van der Waals surface area contributed by atoms with Crippen LogP contribution in [-0.4, -0.2) is 25.6 Å². The fraction of sp³-hybridized carbons (Fsp3) is 0.417. The van der Waals surface area contributed by atoms with E-state index in [0.717, 1.165) is 0 Å². The van der Waals surface area contributed by atoms with Gasteiger partial charge in [-0.25, -0.2) is 18.4 Å². The molecule has 0 heterocycles. The molecule has 6 nitrogen and oxygen atoms in total. The maximum absolute atomic E-state index is 11.5. The highest BCUT2D eigenvalue weighted by molar-refractivity contribution is 7.89. The molecule has 1 rings (SSSR count). The molecule has 1 atom stereocenters. The Labute approximate surface area is 112 Å². The highest BCUT2D eigenvalue weighted by atomic mass is 32.2. The van der Waals surface area contributed by atoms with Crippen LogP contribution in [-0.2, 0) is 14.8 Å². The molecule has 1 aromatic rings. The van der Waals surface area contributed by atoms with Crippen LogP contribution < -0.4 is 9.88 Å². The van der Waals surface area contributed by atoms with Crippen molar-refractivity contribution in [1.29, 1.82) is 0 Å². The number of rotatable bonds is 4. The fourth-order valence-corrected chi connectivity index (χ4v) is 2.91. The van der Waals surface area contributed by atoms with Crippen LogP contribution in [0.1, 0.15) is 23.6 Å². The molecule has 0 fully saturated rings. The van der Waals surface area contributed by atoms with Gasteiger partial charge in [-0.05, 0) is 50.5 Å². The zero-order chi connectivity index (χ0) is 15.0. The quantitative estimate of drug-likeness (QED) is 0.862. The summed E-state index contributed by atoms with van der Waals surface area (Å²) in [5, 5.41) is 14.0. The second-order valence-corrected chi connectivity index (χ2v) is 5.91. The van der Waals surface area contributed by atoms with Crippen molar-refractivity contribution in [1.82, 2.24) is 0 Å². The predicted molar refractivity (Wildman–Crippen MR) is 69.8 cm³/mol. The van der Waals surface area contributed by atoms with Gasteiger partial charge in [0.2, 0.25) is 10.0 Å². The number of benzene rings is 1. The molecule has 0 amide bonds. The van der Waals surface area contributed by atoms with Gasteiger partial charge in [-0.2, -0.15) is 0 Å². The van der Waals surface area contributed by atoms with E-state index in [1.54, 1.807) is 20.8 Å². The lowest BCUT2D eigenvalue weighted by Gasteiger charge is -2.17. The number of aryl methyl sites for hydroxylation is 1. The van der Waals surface area contributed by atoms with Crippen LogP contribution in [0.25, 0.3) is 0 Å². The molecular formula is C12H17NO5S. The topological polar surface area (TPSA) is 107 Å². The summed E-state index contributed by atoms with van der Waals surface area (Å²) in [6, 6.07) is 1.49. The summed E-state index contributed by atoms with van der Waals surface area (Å²) in [7, 11) is -3.82. The molecule has 1 unspecified atom stereocenters. The van der Waals surface area contributed by atoms with E-state index in [0.29, 0.717) is 22.4 Å². The molecular weight excluding hydrogens is 270 g/mol. The number of carboxylic acids is 1. The minimum Gasteiger partial charge on any atom is -0.479 e. The lowest BCUT2D eigenvalue weighted by atomic mass is 10.1. The second-order valence-electron chi connectivity index (χ2n) is 4.41. The summed E-state index contributed by atoms with van der Waals surface area (Å²) in [4.78, 5) is 10.8. The van der Waals surface area contributed by atoms with Crippen LogP contribution in [0.2, 0.25) is 0 Å². The number of sulfonamides is 1. The number of ether oxygens (including phenoxy) is 1. The number of hydrogen-bond donors (Lipinski definition) is 2. The SMILES string of the molecule is Cc1cc(OC(C)C(=O)O)c(C)c(C)c1S(N)(=O)=O. The van der Waals surface area contributed by atoms with Gasteiger partial charge in [-0.1, -0.05) is 0 Å². The van der Waals surface area contributed by atoms with Crippen molar-refractivity contribution in [3.63, 3.8) is 0 Å². The molecule has 0 aliphatic rings. The maximum Gasteiger partial charge on any atom is 0.344 e. The molecule has 3 N–H and O–H groups in total. The monoisotopic (exact) mass is 287 g/mol. The third-order valence-corrected chi connectivity index (χ3v) is 4.11. The van der Waals surface area contributed by atoms with Gasteiger partial charge in [0.25, 0.3) is 0 Å². The van der Waals surface area contributed by atoms with Gasteiger partial charge in [0, 0.05) is 0 Å². The number of nitrogens with two attached hydrogens (primary N) is 1. The third-order valence-electron chi connectivity index (χ3n) is 2.91. The molecule has 0 spiro atoms. The van der Waals surface area contributed by atoms with E-state index < -0.39 is 22.1 Å². The van der Waals surface area contributed by atoms with Gasteiger partial charge in [-0.3, -0.25) is 0 Å². The minimum absolute atomic E-state index is 0.0559. The van der Waals surface area contributed by atoms with Crippen LogP contribution in [0.5, 0.6) is 5.75 Å². The van der Waals surface area contributed by atoms with Gasteiger partial charge in [0.05, 0.1) is 4.90 Å². The van der Waals surface area contributed by atoms with Crippen LogP contribution >= 0.6 is 0 Å². The second kappa shape index (κ2) is 5.18. The van der Waals surface area contributed by atoms with Crippen molar-refractivity contribution in [2.24, 2.45) is 5.14 Å². The van der Waals surface area contributed by atoms with E-state index in [1.165, 1.54) is 13.0 Å². The lowest BCUT2D eigenvalue weighted by Crippen LogP contribution is -2.24. The molecule has 19 heavy (non-hydrogen) atoms. The van der Waals surface area contributed by atoms with E-state index >= 15 is 0 Å². The smallest absolute Gasteiger partial charge is 0.344 e. The average molecular weight is 287 g/mol. The first-order valence-electron chi connectivity index (χ1n) is 5.58. The number of carboxylic acid groups (broad SMARTS) is 1. The molecule has 0 radical (unpaired) electrons. The highest BCUT2D eigenvalue weighted by Crippen LogP contribution is 2.30. The molecule has 106 valence electrons. The van der Waals surface area contributed by atoms with Crippen molar-refractivity contribution in [3.05, 3.63) is 22.8 Å². The summed E-state index contributed by atoms with van der Waals surface area (Å²) < 4.78 is 28.3. The maximum atomic E-state index is 11.5. The minimum atomic E-state index is -3.82. The summed E-state index contributed by atoms with van der Waals surface area (Å²) >= 11 is 0. The van der Waals surface area contributed by atoms with Crippen molar-refractivity contribution in [2.45, 2.75) is 38.7 Å². The zero-order valence-corrected chi connectivity index (χ0v) is 12.0. The van der Waals surface area contributed by atoms with Crippen LogP contribution in [0.15, 0.2) is 11.0 Å². The van der Waals surface area contributed by atoms with Crippen LogP contribution in [0.3, 0.4) is 0 Å². The van der Waals surface area contributed by atoms with E-state index in [2.05, 4.69) is 0 Å². The summed E-state index contributed by atoms with van der Waals surface area (Å²) in [6.07, 6.45) is -1.02. The Balaban J connectivity index is 3.38. The van der Waals surface area contributed by atoms with Gasteiger partial charge in [-0.15, -0.1) is 0 Å². The Hall–Kier alpha value is -1.60. The molecule has 0 aliphatic carbocycles. The van der Waals surface area contributed by atoms with Gasteiger partial charge in [0.1, 0.15) is 5.75 Å². The van der Waals surface area contributed by atoms with E-state index in [-0.39, 0.29) is 4.90 Å². The summed E-state index contributed by atoms with van der Waals surface area (Å²) in [5.74, 6) is -0.748. The largest absolute Gasteiger partial charge is 0.479 e. The predicted octanol–water partition coefficient (Wildman–Crippen LogP) is 1.11. The molecule has 0 aromatic heterocycles. The van der Waals surface area contributed by atoms with Crippen molar-refractivity contribution >= 4 is 16.0 Å². The van der Waals surface area contributed by atoms with Crippen LogP contribution in [0, 0.1) is 20.8 Å². The van der Waals surface area contributed by atoms with Crippen molar-refractivity contribution < 1.29 is 23.1 Å². The highest BCUT2D eigenvalue weighted by Gasteiger charge is 2.21. The normalized spacial score (nSPS) is 13.1. The Bertz CT molecular complexity index is 621. The number of carbonyl (C=O) groups is 1. The van der Waals surface area contributed by atoms with Crippen LogP contribution in [0.4, 0.5) is 0 Å². The molecule has 0 bridgehead atoms. The molecule has 0 saturated heterocycles. The number of hydrogen-bond acceptors (Lipinski definition) is 4. The molecule has 0 saturated carbocycles. The van der Waals surface area contributed by atoms with E-state index in [9.17, 15) is 13.2 Å². The Morgan fingerprint density at radius 3 is 2.26 bits per heavy atom. The Kier molecular flexibility index (Phi) is 4.21. The first kappa shape index (κ1) is 15.5. The third kappa shape index (κ3) is 3.24. The van der Waals surface area contributed by atoms with Gasteiger partial charge < -0.3 is 9.84 Å². The standard InChI is InChI=1S/C12H17NO5S/c1-6-5-10(18-9(4)12(14)15)7(2)8(3)11(6)19(13,16)17/h5,9H,1-4H3,(H,14,15)(H2,13,16,17). The van der Waals surface area contributed by atoms with E-state index in [1.807, 2.05) is 0 Å². The lowest BCUT2D eigenvalue weighted by molar-refractivity contribution is -0.144. The fourth-order valence-electron chi connectivity index (χ4n) is 1.82. The van der Waals surface area contributed by atoms with Crippen molar-refractivity contribution in [3.8, 4) is 5.75 Å². The number of primary sulfonamides is 1. The van der Waals surface area contributed by atoms with E-state index in [4.69, 9.17) is 15.0 Å². The number of aliphatic carboxylic acids is 1. The molecule has 7 heteroatoms. The Morgan fingerprint density at radius 1 is 1.32 bits per heavy atom. The van der Waals surface area contributed by atoms with Crippen molar-refractivity contribution in [2.75, 3.05) is 0 Å². The Morgan fingerprint density at radius 2 is 1.84 bits per heavy atom. The molecule has 0 aliphatic heterocycles. The first-order chi connectivity index (χ1) is 8.55. The first-order valence-corrected chi connectivity index (χ1v) is 7.13. The van der Waals surface area contributed by atoms with Gasteiger partial charge >= 0.3 is 5.97 Å². The molecule has 1 aromatic carbocycles.